The first-order valence-electron chi connectivity index (χ1n) is 11.6. The van der Waals surface area contributed by atoms with E-state index >= 15 is 4.39 Å². The van der Waals surface area contributed by atoms with E-state index < -0.39 is 12.1 Å². The van der Waals surface area contributed by atoms with Gasteiger partial charge in [0.1, 0.15) is 11.9 Å². The second kappa shape index (κ2) is 11.5. The lowest BCUT2D eigenvalue weighted by atomic mass is 9.79. The Hall–Kier alpha value is -2.95. The van der Waals surface area contributed by atoms with E-state index in [1.807, 2.05) is 35.0 Å². The van der Waals surface area contributed by atoms with Crippen LogP contribution in [0, 0.1) is 23.7 Å². The molecule has 0 spiro atoms. The molecule has 3 aromatic rings. The molecule has 0 radical (unpaired) electrons. The molecular formula is C27H29FN2O3S. The number of halogens is 1. The fraction of sp³-hybridized carbons (Fsp3) is 0.407. The van der Waals surface area contributed by atoms with Gasteiger partial charge in [-0.05, 0) is 78.9 Å². The molecule has 1 fully saturated rings. The SMILES string of the molecule is COc1ccc2nccc([C@H](F)CC[C@@H]3CCN(CC#Cc4ccsc4)C[C@@H]3CC(=O)O)c2c1. The van der Waals surface area contributed by atoms with E-state index in [1.54, 1.807) is 30.7 Å². The number of pyridine rings is 1. The van der Waals surface area contributed by atoms with E-state index in [-0.39, 0.29) is 18.3 Å². The van der Waals surface area contributed by atoms with Crippen LogP contribution in [-0.4, -0.2) is 47.7 Å². The van der Waals surface area contributed by atoms with Crippen LogP contribution in [0.4, 0.5) is 4.39 Å². The zero-order valence-electron chi connectivity index (χ0n) is 19.2. The average molecular weight is 481 g/mol. The summed E-state index contributed by atoms with van der Waals surface area (Å²) in [5.74, 6) is 6.41. The van der Waals surface area contributed by atoms with Gasteiger partial charge in [-0.15, -0.1) is 0 Å². The van der Waals surface area contributed by atoms with E-state index in [0.29, 0.717) is 37.2 Å². The largest absolute Gasteiger partial charge is 0.497 e. The van der Waals surface area contributed by atoms with E-state index in [1.165, 1.54) is 0 Å². The monoisotopic (exact) mass is 480 g/mol. The van der Waals surface area contributed by atoms with Gasteiger partial charge < -0.3 is 9.84 Å². The molecule has 178 valence electrons. The van der Waals surface area contributed by atoms with E-state index in [9.17, 15) is 9.90 Å². The number of alkyl halides is 1. The van der Waals surface area contributed by atoms with Crippen molar-refractivity contribution in [1.82, 2.24) is 9.88 Å². The molecule has 1 saturated heterocycles. The van der Waals surface area contributed by atoms with Crippen LogP contribution in [0.1, 0.15) is 43.0 Å². The Bertz CT molecular complexity index is 1170. The summed E-state index contributed by atoms with van der Waals surface area (Å²) >= 11 is 1.62. The van der Waals surface area contributed by atoms with Gasteiger partial charge in [-0.3, -0.25) is 14.7 Å². The smallest absolute Gasteiger partial charge is 0.303 e. The molecule has 0 unspecified atom stereocenters. The Kier molecular flexibility index (Phi) is 8.15. The van der Waals surface area contributed by atoms with Crippen LogP contribution in [0.3, 0.4) is 0 Å². The standard InChI is InChI=1S/C27H29FN2O3S/c1-33-22-5-7-26-24(16-22)23(8-11-29-26)25(28)6-4-20-9-13-30(17-21(20)15-27(31)32)12-2-3-19-10-14-34-18-19/h5,7-8,10-11,14,16,18,20-21,25H,4,6,9,12-13,15,17H2,1H3,(H,31,32)/t20-,21+,25-/m1/s1. The predicted octanol–water partition coefficient (Wildman–Crippen LogP) is 5.56. The second-order valence-corrected chi connectivity index (χ2v) is 9.56. The van der Waals surface area contributed by atoms with Crippen LogP contribution in [0.2, 0.25) is 0 Å². The zero-order valence-corrected chi connectivity index (χ0v) is 20.1. The number of methoxy groups -OCH3 is 1. The van der Waals surface area contributed by atoms with Crippen molar-refractivity contribution >= 4 is 28.2 Å². The number of benzene rings is 1. The summed E-state index contributed by atoms with van der Waals surface area (Å²) < 4.78 is 20.7. The number of rotatable bonds is 8. The molecule has 1 aliphatic heterocycles. The normalized spacial score (nSPS) is 19.4. The quantitative estimate of drug-likeness (QED) is 0.428. The number of hydrogen-bond donors (Lipinski definition) is 1. The lowest BCUT2D eigenvalue weighted by Crippen LogP contribution is -2.41. The molecule has 1 aromatic carbocycles. The third kappa shape index (κ3) is 6.13. The second-order valence-electron chi connectivity index (χ2n) is 8.78. The van der Waals surface area contributed by atoms with Gasteiger partial charge in [-0.1, -0.05) is 11.8 Å². The number of aromatic nitrogens is 1. The zero-order chi connectivity index (χ0) is 23.9. The molecule has 4 rings (SSSR count). The number of piperidine rings is 1. The van der Waals surface area contributed by atoms with Crippen LogP contribution in [0.25, 0.3) is 10.9 Å². The van der Waals surface area contributed by atoms with Crippen molar-refractivity contribution in [2.75, 3.05) is 26.7 Å². The maximum absolute atomic E-state index is 15.4. The summed E-state index contributed by atoms with van der Waals surface area (Å²) in [6, 6.07) is 9.21. The Morgan fingerprint density at radius 3 is 3.00 bits per heavy atom. The third-order valence-electron chi connectivity index (χ3n) is 6.58. The van der Waals surface area contributed by atoms with Crippen LogP contribution >= 0.6 is 11.3 Å². The van der Waals surface area contributed by atoms with E-state index in [0.717, 1.165) is 29.4 Å². The number of carboxylic acid groups (broad SMARTS) is 1. The van der Waals surface area contributed by atoms with Crippen molar-refractivity contribution in [3.8, 4) is 17.6 Å². The van der Waals surface area contributed by atoms with Gasteiger partial charge in [-0.25, -0.2) is 4.39 Å². The van der Waals surface area contributed by atoms with Crippen molar-refractivity contribution in [3.05, 3.63) is 58.4 Å². The van der Waals surface area contributed by atoms with Crippen molar-refractivity contribution < 1.29 is 19.0 Å². The number of hydrogen-bond acceptors (Lipinski definition) is 5. The summed E-state index contributed by atoms with van der Waals surface area (Å²) in [5.41, 5.74) is 2.36. The molecule has 0 saturated carbocycles. The van der Waals surface area contributed by atoms with Gasteiger partial charge in [0.05, 0.1) is 19.2 Å². The number of fused-ring (bicyclic) bond motifs is 1. The first-order valence-corrected chi connectivity index (χ1v) is 12.5. The molecule has 0 aliphatic carbocycles. The maximum atomic E-state index is 15.4. The predicted molar refractivity (Wildman–Crippen MR) is 133 cm³/mol. The van der Waals surface area contributed by atoms with Gasteiger partial charge >= 0.3 is 5.97 Å². The van der Waals surface area contributed by atoms with E-state index in [2.05, 4.69) is 21.7 Å². The molecule has 2 aromatic heterocycles. The minimum atomic E-state index is -1.14. The summed E-state index contributed by atoms with van der Waals surface area (Å²) in [7, 11) is 1.59. The molecule has 5 nitrogen and oxygen atoms in total. The summed E-state index contributed by atoms with van der Waals surface area (Å²) in [5, 5.41) is 14.2. The number of thiophene rings is 1. The highest BCUT2D eigenvalue weighted by Gasteiger charge is 2.31. The summed E-state index contributed by atoms with van der Waals surface area (Å²) in [6.07, 6.45) is 2.47. The number of nitrogens with zero attached hydrogens (tertiary/aromatic N) is 2. The first kappa shape index (κ1) is 24.2. The first-order chi connectivity index (χ1) is 16.5. The molecular weight excluding hydrogens is 451 g/mol. The molecule has 7 heteroatoms. The molecule has 3 atom stereocenters. The highest BCUT2D eigenvalue weighted by Crippen LogP contribution is 2.36. The van der Waals surface area contributed by atoms with Crippen LogP contribution in [-0.2, 0) is 4.79 Å². The van der Waals surface area contributed by atoms with Crippen molar-refractivity contribution in [3.63, 3.8) is 0 Å². The van der Waals surface area contributed by atoms with Crippen LogP contribution in [0.15, 0.2) is 47.3 Å². The van der Waals surface area contributed by atoms with Crippen molar-refractivity contribution in [2.24, 2.45) is 11.8 Å². The minimum absolute atomic E-state index is 0.00400. The fourth-order valence-corrected chi connectivity index (χ4v) is 5.37. The molecule has 3 heterocycles. The highest BCUT2D eigenvalue weighted by molar-refractivity contribution is 7.08. The molecule has 34 heavy (non-hydrogen) atoms. The topological polar surface area (TPSA) is 62.7 Å². The Labute approximate surface area is 203 Å². The molecule has 1 N–H and O–H groups in total. The minimum Gasteiger partial charge on any atom is -0.497 e. The summed E-state index contributed by atoms with van der Waals surface area (Å²) in [4.78, 5) is 18.1. The molecule has 0 amide bonds. The van der Waals surface area contributed by atoms with Crippen LogP contribution < -0.4 is 4.74 Å². The number of ether oxygens (including phenoxy) is 1. The van der Waals surface area contributed by atoms with Crippen molar-refractivity contribution in [2.45, 2.75) is 31.9 Å². The lowest BCUT2D eigenvalue weighted by Gasteiger charge is -2.37. The van der Waals surface area contributed by atoms with Gasteiger partial charge in [0.15, 0.2) is 0 Å². The number of likely N-dealkylation sites (tertiary alicyclic amines) is 1. The average Bonchev–Trinajstić information content (AvgIpc) is 3.36. The number of carbonyl (C=O) groups is 1. The number of aliphatic carboxylic acids is 1. The van der Waals surface area contributed by atoms with Gasteiger partial charge in [0.2, 0.25) is 0 Å². The maximum Gasteiger partial charge on any atom is 0.303 e. The fourth-order valence-electron chi connectivity index (χ4n) is 4.79. The Morgan fingerprint density at radius 1 is 1.35 bits per heavy atom. The summed E-state index contributed by atoms with van der Waals surface area (Å²) in [6.45, 7) is 2.16. The Morgan fingerprint density at radius 2 is 2.24 bits per heavy atom. The lowest BCUT2D eigenvalue weighted by molar-refractivity contribution is -0.139. The third-order valence-corrected chi connectivity index (χ3v) is 7.26. The van der Waals surface area contributed by atoms with Crippen molar-refractivity contribution in [1.29, 1.82) is 0 Å². The molecule has 1 aliphatic rings. The number of carboxylic acids is 1. The van der Waals surface area contributed by atoms with Crippen LogP contribution in [0.5, 0.6) is 5.75 Å². The molecule has 0 bridgehead atoms. The highest BCUT2D eigenvalue weighted by atomic mass is 32.1. The van der Waals surface area contributed by atoms with Gasteiger partial charge in [0, 0.05) is 35.5 Å². The van der Waals surface area contributed by atoms with E-state index in [4.69, 9.17) is 4.74 Å². The Balaban J connectivity index is 1.39. The van der Waals surface area contributed by atoms with Gasteiger partial charge in [0.25, 0.3) is 0 Å². The van der Waals surface area contributed by atoms with Gasteiger partial charge in [-0.2, -0.15) is 11.3 Å².